The number of nitrogens with one attached hydrogen (secondary N) is 1. The summed E-state index contributed by atoms with van der Waals surface area (Å²) in [4.78, 5) is 12.2. The van der Waals surface area contributed by atoms with E-state index in [-0.39, 0.29) is 30.4 Å². The van der Waals surface area contributed by atoms with Gasteiger partial charge < -0.3 is 23.6 Å². The van der Waals surface area contributed by atoms with Crippen LogP contribution in [-0.4, -0.2) is 28.7 Å². The van der Waals surface area contributed by atoms with Crippen LogP contribution in [-0.2, 0) is 4.79 Å². The van der Waals surface area contributed by atoms with Gasteiger partial charge in [-0.15, -0.1) is 10.2 Å². The van der Waals surface area contributed by atoms with Gasteiger partial charge in [0, 0.05) is 0 Å². The molecule has 134 valence electrons. The van der Waals surface area contributed by atoms with Gasteiger partial charge in [-0.2, -0.15) is 0 Å². The number of fused-ring (bicyclic) bond motifs is 1. The molecule has 2 aromatic heterocycles. The first-order valence-corrected chi connectivity index (χ1v) is 8.87. The SMILES string of the molecule is C[C@H](NC(=O)CSc1nnc(-c2ccco2)o1)c1ccc2c(c1)OCO2. The number of benzene rings is 1. The third-order valence-corrected chi connectivity index (χ3v) is 4.56. The van der Waals surface area contributed by atoms with Gasteiger partial charge in [-0.05, 0) is 36.8 Å². The zero-order chi connectivity index (χ0) is 17.9. The number of nitrogens with zero attached hydrogens (tertiary/aromatic N) is 2. The maximum Gasteiger partial charge on any atom is 0.284 e. The third kappa shape index (κ3) is 3.52. The molecule has 1 amide bonds. The molecule has 0 radical (unpaired) electrons. The molecule has 1 aromatic carbocycles. The van der Waals surface area contributed by atoms with Crippen LogP contribution in [0.15, 0.2) is 50.7 Å². The van der Waals surface area contributed by atoms with Crippen molar-refractivity contribution >= 4 is 17.7 Å². The van der Waals surface area contributed by atoms with E-state index >= 15 is 0 Å². The molecule has 0 aliphatic carbocycles. The van der Waals surface area contributed by atoms with E-state index in [4.69, 9.17) is 18.3 Å². The van der Waals surface area contributed by atoms with Crippen LogP contribution in [0.2, 0.25) is 0 Å². The summed E-state index contributed by atoms with van der Waals surface area (Å²) < 4.78 is 21.3. The van der Waals surface area contributed by atoms with Gasteiger partial charge in [-0.3, -0.25) is 4.79 Å². The van der Waals surface area contributed by atoms with E-state index in [1.807, 2.05) is 25.1 Å². The number of amides is 1. The van der Waals surface area contributed by atoms with E-state index < -0.39 is 0 Å². The Kier molecular flexibility index (Phi) is 4.53. The van der Waals surface area contributed by atoms with Crippen LogP contribution in [0.1, 0.15) is 18.5 Å². The molecule has 1 aliphatic heterocycles. The Hall–Kier alpha value is -2.94. The summed E-state index contributed by atoms with van der Waals surface area (Å²) in [5, 5.41) is 11.0. The van der Waals surface area contributed by atoms with E-state index in [2.05, 4.69) is 15.5 Å². The van der Waals surface area contributed by atoms with Crippen LogP contribution in [0.4, 0.5) is 0 Å². The van der Waals surface area contributed by atoms with Gasteiger partial charge in [-0.25, -0.2) is 0 Å². The lowest BCUT2D eigenvalue weighted by Gasteiger charge is -2.14. The second-order valence-electron chi connectivity index (χ2n) is 5.54. The van der Waals surface area contributed by atoms with Crippen molar-refractivity contribution in [3.8, 4) is 23.1 Å². The Morgan fingerprint density at radius 2 is 2.15 bits per heavy atom. The molecule has 0 saturated heterocycles. The first-order valence-electron chi connectivity index (χ1n) is 7.88. The number of carbonyl (C=O) groups excluding carboxylic acids is 1. The number of thioether (sulfide) groups is 1. The Morgan fingerprint density at radius 3 is 3.00 bits per heavy atom. The Balaban J connectivity index is 1.31. The van der Waals surface area contributed by atoms with Crippen molar-refractivity contribution < 1.29 is 23.1 Å². The molecule has 1 aliphatic rings. The quantitative estimate of drug-likeness (QED) is 0.658. The van der Waals surface area contributed by atoms with Crippen molar-refractivity contribution in [2.75, 3.05) is 12.5 Å². The van der Waals surface area contributed by atoms with Gasteiger partial charge in [0.2, 0.25) is 12.7 Å². The maximum absolute atomic E-state index is 12.2. The molecule has 0 bridgehead atoms. The second kappa shape index (κ2) is 7.12. The van der Waals surface area contributed by atoms with E-state index in [9.17, 15) is 4.79 Å². The smallest absolute Gasteiger partial charge is 0.284 e. The molecule has 9 heteroatoms. The molecule has 0 fully saturated rings. The lowest BCUT2D eigenvalue weighted by atomic mass is 10.1. The predicted molar refractivity (Wildman–Crippen MR) is 91.8 cm³/mol. The number of carbonyl (C=O) groups is 1. The number of hydrogen-bond donors (Lipinski definition) is 1. The van der Waals surface area contributed by atoms with Crippen LogP contribution in [0.3, 0.4) is 0 Å². The van der Waals surface area contributed by atoms with Gasteiger partial charge in [0.05, 0.1) is 18.1 Å². The molecule has 0 saturated carbocycles. The molecule has 1 atom stereocenters. The molecular formula is C17H15N3O5S. The molecular weight excluding hydrogens is 358 g/mol. The normalized spacial score (nSPS) is 13.6. The highest BCUT2D eigenvalue weighted by Gasteiger charge is 2.18. The third-order valence-electron chi connectivity index (χ3n) is 3.74. The molecule has 4 rings (SSSR count). The Morgan fingerprint density at radius 1 is 1.27 bits per heavy atom. The summed E-state index contributed by atoms with van der Waals surface area (Å²) in [5.74, 6) is 2.20. The number of ether oxygens (including phenoxy) is 2. The van der Waals surface area contributed by atoms with Crippen molar-refractivity contribution in [2.45, 2.75) is 18.2 Å². The molecule has 8 nitrogen and oxygen atoms in total. The van der Waals surface area contributed by atoms with Crippen LogP contribution in [0, 0.1) is 0 Å². The zero-order valence-electron chi connectivity index (χ0n) is 13.8. The summed E-state index contributed by atoms with van der Waals surface area (Å²) in [6, 6.07) is 8.90. The Labute approximate surface area is 152 Å². The van der Waals surface area contributed by atoms with Crippen molar-refractivity contribution in [1.29, 1.82) is 0 Å². The maximum atomic E-state index is 12.2. The lowest BCUT2D eigenvalue weighted by molar-refractivity contribution is -0.119. The molecule has 26 heavy (non-hydrogen) atoms. The average molecular weight is 373 g/mol. The van der Waals surface area contributed by atoms with Crippen molar-refractivity contribution in [1.82, 2.24) is 15.5 Å². The summed E-state index contributed by atoms with van der Waals surface area (Å²) in [7, 11) is 0. The predicted octanol–water partition coefficient (Wildman–Crippen LogP) is 3.03. The zero-order valence-corrected chi connectivity index (χ0v) is 14.6. The largest absolute Gasteiger partial charge is 0.459 e. The lowest BCUT2D eigenvalue weighted by Crippen LogP contribution is -2.28. The van der Waals surface area contributed by atoms with Gasteiger partial charge in [-0.1, -0.05) is 17.8 Å². The van der Waals surface area contributed by atoms with E-state index in [0.29, 0.717) is 22.5 Å². The summed E-state index contributed by atoms with van der Waals surface area (Å²) in [6.45, 7) is 2.13. The van der Waals surface area contributed by atoms with Gasteiger partial charge in [0.1, 0.15) is 0 Å². The van der Waals surface area contributed by atoms with Crippen molar-refractivity contribution in [2.24, 2.45) is 0 Å². The number of rotatable bonds is 6. The summed E-state index contributed by atoms with van der Waals surface area (Å²) in [5.41, 5.74) is 0.936. The fourth-order valence-electron chi connectivity index (χ4n) is 2.44. The molecule has 3 heterocycles. The van der Waals surface area contributed by atoms with Crippen LogP contribution >= 0.6 is 11.8 Å². The fraction of sp³-hybridized carbons (Fsp3) is 0.235. The van der Waals surface area contributed by atoms with Crippen LogP contribution in [0.5, 0.6) is 11.5 Å². The number of hydrogen-bond acceptors (Lipinski definition) is 8. The van der Waals surface area contributed by atoms with Gasteiger partial charge in [0.15, 0.2) is 17.3 Å². The number of aromatic nitrogens is 2. The topological polar surface area (TPSA) is 99.6 Å². The molecule has 0 unspecified atom stereocenters. The minimum absolute atomic E-state index is 0.141. The second-order valence-corrected chi connectivity index (χ2v) is 6.47. The van der Waals surface area contributed by atoms with E-state index in [1.54, 1.807) is 12.1 Å². The highest BCUT2D eigenvalue weighted by atomic mass is 32.2. The minimum atomic E-state index is -0.168. The first kappa shape index (κ1) is 16.5. The van der Waals surface area contributed by atoms with Crippen LogP contribution in [0.25, 0.3) is 11.7 Å². The number of furan rings is 1. The van der Waals surface area contributed by atoms with Gasteiger partial charge in [0.25, 0.3) is 11.1 Å². The van der Waals surface area contributed by atoms with E-state index in [0.717, 1.165) is 5.56 Å². The van der Waals surface area contributed by atoms with Crippen molar-refractivity contribution in [3.05, 3.63) is 42.2 Å². The average Bonchev–Trinajstić information content (AvgIpc) is 3.40. The van der Waals surface area contributed by atoms with Gasteiger partial charge >= 0.3 is 0 Å². The van der Waals surface area contributed by atoms with Crippen molar-refractivity contribution in [3.63, 3.8) is 0 Å². The minimum Gasteiger partial charge on any atom is -0.459 e. The van der Waals surface area contributed by atoms with Crippen LogP contribution < -0.4 is 14.8 Å². The monoisotopic (exact) mass is 373 g/mol. The highest BCUT2D eigenvalue weighted by Crippen LogP contribution is 2.34. The first-order chi connectivity index (χ1) is 12.7. The molecule has 1 N–H and O–H groups in total. The molecule has 0 spiro atoms. The summed E-state index contributed by atoms with van der Waals surface area (Å²) >= 11 is 1.17. The summed E-state index contributed by atoms with van der Waals surface area (Å²) in [6.07, 6.45) is 1.53. The highest BCUT2D eigenvalue weighted by molar-refractivity contribution is 7.99. The van der Waals surface area contributed by atoms with E-state index in [1.165, 1.54) is 18.0 Å². The Bertz CT molecular complexity index is 909. The molecule has 3 aromatic rings. The fourth-order valence-corrected chi connectivity index (χ4v) is 3.02. The standard InChI is InChI=1S/C17H15N3O5S/c1-10(11-4-5-12-14(7-11)24-9-23-12)18-15(21)8-26-17-20-19-16(25-17)13-3-2-6-22-13/h2-7,10H,8-9H2,1H3,(H,18,21)/t10-/m0/s1.